The third-order valence-electron chi connectivity index (χ3n) is 9.44. The fraction of sp³-hybridized carbons (Fsp3) is 0.425. The molecule has 2 fully saturated rings. The number of carbonyl (C=O) groups excluding carboxylic acids is 2. The molecular weight excluding hydrogens is 783 g/mol. The summed E-state index contributed by atoms with van der Waals surface area (Å²) in [5, 5.41) is 1.06. The minimum atomic E-state index is -0.444. The van der Waals surface area contributed by atoms with Crippen molar-refractivity contribution >= 4 is 40.8 Å². The van der Waals surface area contributed by atoms with E-state index in [1.54, 1.807) is 13.0 Å². The van der Waals surface area contributed by atoms with Crippen LogP contribution in [0, 0.1) is 19.8 Å². The zero-order valence-electron chi connectivity index (χ0n) is 30.9. The number of aromatic nitrogens is 2. The number of esters is 1. The lowest BCUT2D eigenvalue weighted by atomic mass is 10.1. The molecular formula is C40H47BrCl2N4O6. The number of rotatable bonds is 11. The number of benzene rings is 3. The number of hydrogen-bond donors (Lipinski definition) is 0. The number of halogens is 3. The maximum absolute atomic E-state index is 12.4. The molecule has 53 heavy (non-hydrogen) atoms. The normalized spacial score (nSPS) is 15.0. The van der Waals surface area contributed by atoms with Gasteiger partial charge in [0.2, 0.25) is 5.91 Å². The van der Waals surface area contributed by atoms with Crippen molar-refractivity contribution in [1.29, 1.82) is 0 Å². The van der Waals surface area contributed by atoms with Crippen molar-refractivity contribution in [3.63, 3.8) is 0 Å². The second-order valence-electron chi connectivity index (χ2n) is 13.7. The Hall–Kier alpha value is -3.61. The predicted molar refractivity (Wildman–Crippen MR) is 201 cm³/mol. The molecule has 0 unspecified atom stereocenters. The zero-order chi connectivity index (χ0) is 36.9. The van der Waals surface area contributed by atoms with Crippen molar-refractivity contribution in [1.82, 2.24) is 9.47 Å². The van der Waals surface area contributed by atoms with Crippen molar-refractivity contribution in [3.05, 3.63) is 93.2 Å². The molecule has 4 aromatic rings. The topological polar surface area (TPSA) is 86.4 Å². The van der Waals surface area contributed by atoms with Gasteiger partial charge in [-0.2, -0.15) is 0 Å². The number of hydrogen-bond acceptors (Lipinski definition) is 7. The van der Waals surface area contributed by atoms with Crippen molar-refractivity contribution < 1.29 is 50.1 Å². The first-order valence-electron chi connectivity index (χ1n) is 17.8. The summed E-state index contributed by atoms with van der Waals surface area (Å²) in [6, 6.07) is 17.7. The summed E-state index contributed by atoms with van der Waals surface area (Å²) < 4.78 is 28.6. The summed E-state index contributed by atoms with van der Waals surface area (Å²) in [7, 11) is 0. The second kappa shape index (κ2) is 18.1. The van der Waals surface area contributed by atoms with E-state index in [0.29, 0.717) is 55.2 Å². The lowest BCUT2D eigenvalue weighted by Crippen LogP contribution is -3.00. The highest BCUT2D eigenvalue weighted by Crippen LogP contribution is 2.32. The lowest BCUT2D eigenvalue weighted by Gasteiger charge is -2.35. The first kappa shape index (κ1) is 40.6. The van der Waals surface area contributed by atoms with E-state index >= 15 is 0 Å². The number of nitrogens with zero attached hydrogens (tertiary/aromatic N) is 4. The number of piperazine rings is 1. The monoisotopic (exact) mass is 828 g/mol. The van der Waals surface area contributed by atoms with E-state index in [9.17, 15) is 9.59 Å². The standard InChI is InChI=1S/C40H47Cl2N4O6.BrH/c1-26(2)40(48)52-38-27(3)19-30(20-28(38)4)22-45-23-33(25-51-34-10-8-32(9-11-34)44-15-13-43(14-16-44)29(5)47)46(24-37-49-17-6-18-50-37)39(45)35-12-7-31(41)21-36(35)42;/h7-12,19-21,23,26,37H,6,13-18,22,24-25H2,1-5H3;1H/q+1;/p-1. The van der Waals surface area contributed by atoms with E-state index in [1.165, 1.54) is 0 Å². The molecule has 0 spiro atoms. The lowest BCUT2D eigenvalue weighted by molar-refractivity contribution is -0.677. The number of imidazole rings is 1. The van der Waals surface area contributed by atoms with Crippen molar-refractivity contribution in [2.75, 3.05) is 44.3 Å². The largest absolute Gasteiger partial charge is 1.00 e. The Morgan fingerprint density at radius 3 is 2.21 bits per heavy atom. The first-order chi connectivity index (χ1) is 25.0. The summed E-state index contributed by atoms with van der Waals surface area (Å²) in [6.45, 7) is 14.7. The Morgan fingerprint density at radius 2 is 1.60 bits per heavy atom. The Balaban J connectivity index is 0.00000541. The molecule has 0 aliphatic carbocycles. The van der Waals surface area contributed by atoms with Crippen molar-refractivity contribution in [3.8, 4) is 22.9 Å². The van der Waals surface area contributed by atoms with Gasteiger partial charge >= 0.3 is 5.97 Å². The quantitative estimate of drug-likeness (QED) is 0.129. The highest BCUT2D eigenvalue weighted by Gasteiger charge is 2.31. The minimum Gasteiger partial charge on any atom is -1.00 e. The van der Waals surface area contributed by atoms with Crippen LogP contribution in [-0.2, 0) is 38.8 Å². The second-order valence-corrected chi connectivity index (χ2v) is 14.6. The van der Waals surface area contributed by atoms with Crippen LogP contribution in [0.5, 0.6) is 11.5 Å². The van der Waals surface area contributed by atoms with Crippen molar-refractivity contribution in [2.45, 2.75) is 67.0 Å². The van der Waals surface area contributed by atoms with Gasteiger partial charge in [-0.05, 0) is 91.6 Å². The smallest absolute Gasteiger partial charge is 0.313 e. The van der Waals surface area contributed by atoms with Crippen LogP contribution in [0.2, 0.25) is 10.0 Å². The summed E-state index contributed by atoms with van der Waals surface area (Å²) in [5.41, 5.74) is 5.60. The molecule has 2 aliphatic rings. The van der Waals surface area contributed by atoms with Crippen LogP contribution in [0.15, 0.2) is 60.8 Å². The van der Waals surface area contributed by atoms with Crippen LogP contribution in [0.25, 0.3) is 11.4 Å². The highest BCUT2D eigenvalue weighted by atomic mass is 79.9. The number of ether oxygens (including phenoxy) is 4. The molecule has 284 valence electrons. The van der Waals surface area contributed by atoms with E-state index in [0.717, 1.165) is 64.7 Å². The molecule has 0 atom stereocenters. The molecule has 1 amide bonds. The predicted octanol–water partition coefficient (Wildman–Crippen LogP) is 3.99. The fourth-order valence-electron chi connectivity index (χ4n) is 6.70. The molecule has 13 heteroatoms. The van der Waals surface area contributed by atoms with Gasteiger partial charge in [-0.3, -0.25) is 9.59 Å². The van der Waals surface area contributed by atoms with E-state index < -0.39 is 6.29 Å². The highest BCUT2D eigenvalue weighted by molar-refractivity contribution is 6.36. The molecule has 1 aromatic heterocycles. The van der Waals surface area contributed by atoms with Crippen LogP contribution in [-0.4, -0.2) is 67.0 Å². The van der Waals surface area contributed by atoms with Gasteiger partial charge in [-0.1, -0.05) is 37.0 Å². The van der Waals surface area contributed by atoms with Gasteiger partial charge < -0.3 is 45.7 Å². The van der Waals surface area contributed by atoms with Crippen LogP contribution in [0.4, 0.5) is 5.69 Å². The molecule has 0 N–H and O–H groups in total. The molecule has 3 aromatic carbocycles. The molecule has 2 saturated heterocycles. The molecule has 2 aliphatic heterocycles. The Labute approximate surface area is 332 Å². The third kappa shape index (κ3) is 9.93. The van der Waals surface area contributed by atoms with Crippen LogP contribution >= 0.6 is 23.2 Å². The van der Waals surface area contributed by atoms with Crippen LogP contribution in [0.3, 0.4) is 0 Å². The minimum absolute atomic E-state index is 0. The van der Waals surface area contributed by atoms with Gasteiger partial charge in [-0.25, -0.2) is 9.13 Å². The summed E-state index contributed by atoms with van der Waals surface area (Å²) in [6.07, 6.45) is 2.49. The number of aryl methyl sites for hydroxylation is 2. The molecule has 0 radical (unpaired) electrons. The summed E-state index contributed by atoms with van der Waals surface area (Å²) in [4.78, 5) is 28.4. The van der Waals surface area contributed by atoms with Gasteiger partial charge in [0.25, 0.3) is 5.82 Å². The van der Waals surface area contributed by atoms with Crippen LogP contribution < -0.4 is 35.9 Å². The van der Waals surface area contributed by atoms with Gasteiger partial charge in [0.05, 0.1) is 29.7 Å². The van der Waals surface area contributed by atoms with E-state index in [2.05, 4.69) is 44.5 Å². The maximum atomic E-state index is 12.4. The van der Waals surface area contributed by atoms with Crippen molar-refractivity contribution in [2.24, 2.45) is 5.92 Å². The molecule has 3 heterocycles. The van der Waals surface area contributed by atoms with Gasteiger partial charge in [0, 0.05) is 43.8 Å². The zero-order valence-corrected chi connectivity index (χ0v) is 34.0. The van der Waals surface area contributed by atoms with Gasteiger partial charge in [0.1, 0.15) is 30.8 Å². The van der Waals surface area contributed by atoms with Gasteiger partial charge in [-0.15, -0.1) is 0 Å². The molecule has 6 rings (SSSR count). The van der Waals surface area contributed by atoms with Crippen LogP contribution in [0.1, 0.15) is 49.6 Å². The number of amides is 1. The Kier molecular flexibility index (Phi) is 13.9. The third-order valence-corrected chi connectivity index (χ3v) is 9.99. The Morgan fingerprint density at radius 1 is 0.943 bits per heavy atom. The average Bonchev–Trinajstić information content (AvgIpc) is 3.44. The van der Waals surface area contributed by atoms with E-state index in [-0.39, 0.29) is 41.4 Å². The Bertz CT molecular complexity index is 1880. The molecule has 0 saturated carbocycles. The number of carbonyl (C=O) groups is 2. The average molecular weight is 831 g/mol. The van der Waals surface area contributed by atoms with E-state index in [4.69, 9.17) is 42.1 Å². The first-order valence-corrected chi connectivity index (χ1v) is 18.6. The summed E-state index contributed by atoms with van der Waals surface area (Å²) in [5.74, 6) is 1.80. The molecule has 0 bridgehead atoms. The SMILES string of the molecule is CC(=O)N1CCN(c2ccc(OCc3c[n+](Cc4cc(C)c(OC(=O)C(C)C)c(C)c4)c(-c4ccc(Cl)cc4Cl)n3CC3OCCCO3)cc2)CC1.[Br-]. The van der Waals surface area contributed by atoms with E-state index in [1.807, 2.05) is 56.9 Å². The number of anilines is 1. The maximum Gasteiger partial charge on any atom is 0.313 e. The fourth-order valence-corrected chi connectivity index (χ4v) is 7.19. The molecule has 10 nitrogen and oxygen atoms in total. The summed E-state index contributed by atoms with van der Waals surface area (Å²) >= 11 is 13.3. The van der Waals surface area contributed by atoms with Gasteiger partial charge in [0.15, 0.2) is 18.6 Å².